The van der Waals surface area contributed by atoms with Gasteiger partial charge in [0.05, 0.1) is 34.0 Å². The number of benzene rings is 2. The molecule has 1 amide bonds. The molecule has 6 nitrogen and oxygen atoms in total. The Morgan fingerprint density at radius 3 is 2.34 bits per heavy atom. The summed E-state index contributed by atoms with van der Waals surface area (Å²) in [5, 5.41) is 11.0. The Kier molecular flexibility index (Phi) is 5.90. The predicted octanol–water partition coefficient (Wildman–Crippen LogP) is 6.01. The van der Waals surface area contributed by atoms with Gasteiger partial charge in [-0.05, 0) is 42.5 Å². The van der Waals surface area contributed by atoms with Crippen molar-refractivity contribution in [2.75, 3.05) is 12.0 Å². The quantitative estimate of drug-likeness (QED) is 0.272. The van der Waals surface area contributed by atoms with Crippen LogP contribution < -0.4 is 9.64 Å². The van der Waals surface area contributed by atoms with Crippen LogP contribution in [0.1, 0.15) is 17.4 Å². The first-order chi connectivity index (χ1) is 15.2. The first-order valence-electron chi connectivity index (χ1n) is 9.07. The van der Waals surface area contributed by atoms with E-state index in [0.29, 0.717) is 0 Å². The molecule has 1 unspecified atom stereocenters. The van der Waals surface area contributed by atoms with E-state index in [1.165, 1.54) is 43.7 Å². The summed E-state index contributed by atoms with van der Waals surface area (Å²) < 4.78 is 24.2. The fourth-order valence-corrected chi connectivity index (χ4v) is 4.31. The van der Waals surface area contributed by atoms with Gasteiger partial charge >= 0.3 is 0 Å². The van der Waals surface area contributed by atoms with Crippen molar-refractivity contribution in [3.8, 4) is 5.75 Å². The van der Waals surface area contributed by atoms with Crippen LogP contribution in [0.3, 0.4) is 0 Å². The topological polar surface area (TPSA) is 80.0 Å². The second-order valence-corrected chi connectivity index (χ2v) is 7.98. The molecule has 0 bridgehead atoms. The van der Waals surface area contributed by atoms with Crippen molar-refractivity contribution in [1.29, 1.82) is 0 Å². The number of nitrogens with zero attached hydrogens (tertiary/aromatic N) is 1. The SMILES string of the molecule is COc1c(Cl)cc(/C(O)=C2/C(=O)C(=O)N(c3ccc(F)c(Cl)c3)C2c2ccco2)cc1Cl. The monoisotopic (exact) mass is 495 g/mol. The van der Waals surface area contributed by atoms with E-state index < -0.39 is 29.3 Å². The van der Waals surface area contributed by atoms with Crippen molar-refractivity contribution in [2.45, 2.75) is 6.04 Å². The fraction of sp³-hybridized carbons (Fsp3) is 0.0909. The van der Waals surface area contributed by atoms with Gasteiger partial charge in [-0.3, -0.25) is 14.5 Å². The molecule has 1 aromatic heterocycles. The second kappa shape index (κ2) is 8.50. The molecule has 1 aliphatic heterocycles. The molecule has 32 heavy (non-hydrogen) atoms. The normalized spacial score (nSPS) is 17.8. The molecule has 0 radical (unpaired) electrons. The first kappa shape index (κ1) is 22.2. The van der Waals surface area contributed by atoms with Crippen molar-refractivity contribution >= 4 is 57.9 Å². The molecule has 0 spiro atoms. The van der Waals surface area contributed by atoms with E-state index in [4.69, 9.17) is 44.0 Å². The number of aliphatic hydroxyl groups excluding tert-OH is 1. The van der Waals surface area contributed by atoms with E-state index in [0.717, 1.165) is 11.0 Å². The number of ether oxygens (including phenoxy) is 1. The number of methoxy groups -OCH3 is 1. The van der Waals surface area contributed by atoms with E-state index in [2.05, 4.69) is 0 Å². The standard InChI is InChI=1S/C22H13Cl3FNO5/c1-31-21-13(24)7-10(8-14(21)25)19(28)17-18(16-3-2-6-32-16)27(22(30)20(17)29)11-4-5-15(26)12(23)9-11/h2-9,18,28H,1H3/b19-17-. The second-order valence-electron chi connectivity index (χ2n) is 6.76. The molecule has 1 atom stereocenters. The molecular weight excluding hydrogens is 484 g/mol. The Morgan fingerprint density at radius 1 is 1.09 bits per heavy atom. The van der Waals surface area contributed by atoms with Crippen molar-refractivity contribution in [2.24, 2.45) is 0 Å². The summed E-state index contributed by atoms with van der Waals surface area (Å²) in [6.45, 7) is 0. The number of hydrogen-bond acceptors (Lipinski definition) is 5. The summed E-state index contributed by atoms with van der Waals surface area (Å²) in [5.41, 5.74) is -0.0278. The molecule has 164 valence electrons. The minimum atomic E-state index is -1.15. The Balaban J connectivity index is 1.94. The maximum atomic E-state index is 13.7. The number of Topliss-reactive ketones (excluding diaryl/α,β-unsaturated/α-hetero) is 1. The van der Waals surface area contributed by atoms with Crippen LogP contribution in [0.4, 0.5) is 10.1 Å². The van der Waals surface area contributed by atoms with Crippen molar-refractivity contribution in [3.05, 3.63) is 86.5 Å². The third kappa shape index (κ3) is 3.62. The highest BCUT2D eigenvalue weighted by atomic mass is 35.5. The summed E-state index contributed by atoms with van der Waals surface area (Å²) in [7, 11) is 1.38. The number of hydrogen-bond donors (Lipinski definition) is 1. The molecular formula is C22H13Cl3FNO5. The van der Waals surface area contributed by atoms with E-state index in [9.17, 15) is 19.1 Å². The maximum Gasteiger partial charge on any atom is 0.300 e. The molecule has 1 N–H and O–H groups in total. The lowest BCUT2D eigenvalue weighted by molar-refractivity contribution is -0.132. The van der Waals surface area contributed by atoms with E-state index >= 15 is 0 Å². The molecule has 0 saturated carbocycles. The summed E-state index contributed by atoms with van der Waals surface area (Å²) >= 11 is 18.2. The highest BCUT2D eigenvalue weighted by Gasteiger charge is 2.48. The van der Waals surface area contributed by atoms with Crippen LogP contribution in [-0.2, 0) is 9.59 Å². The summed E-state index contributed by atoms with van der Waals surface area (Å²) in [6.07, 6.45) is 1.36. The lowest BCUT2D eigenvalue weighted by Gasteiger charge is -2.23. The average molecular weight is 497 g/mol. The lowest BCUT2D eigenvalue weighted by atomic mass is 9.99. The van der Waals surface area contributed by atoms with Gasteiger partial charge in [-0.1, -0.05) is 34.8 Å². The highest BCUT2D eigenvalue weighted by molar-refractivity contribution is 6.52. The Hall–Kier alpha value is -3.00. The molecule has 2 heterocycles. The summed E-state index contributed by atoms with van der Waals surface area (Å²) in [5.74, 6) is -2.77. The largest absolute Gasteiger partial charge is 0.507 e. The van der Waals surface area contributed by atoms with Crippen molar-refractivity contribution in [1.82, 2.24) is 0 Å². The van der Waals surface area contributed by atoms with Gasteiger partial charge in [0.2, 0.25) is 0 Å². The van der Waals surface area contributed by atoms with Crippen molar-refractivity contribution in [3.63, 3.8) is 0 Å². The number of amides is 1. The lowest BCUT2D eigenvalue weighted by Crippen LogP contribution is -2.29. The van der Waals surface area contributed by atoms with Gasteiger partial charge in [-0.15, -0.1) is 0 Å². The van der Waals surface area contributed by atoms with Gasteiger partial charge in [0, 0.05) is 11.3 Å². The number of aliphatic hydroxyl groups is 1. The average Bonchev–Trinajstić information content (AvgIpc) is 3.36. The Morgan fingerprint density at radius 2 is 1.78 bits per heavy atom. The third-order valence-corrected chi connectivity index (χ3v) is 5.77. The first-order valence-corrected chi connectivity index (χ1v) is 10.2. The molecule has 0 aliphatic carbocycles. The zero-order chi connectivity index (χ0) is 23.2. The van der Waals surface area contributed by atoms with Gasteiger partial charge in [-0.2, -0.15) is 0 Å². The minimum absolute atomic E-state index is 0.0903. The van der Waals surface area contributed by atoms with Gasteiger partial charge in [0.25, 0.3) is 11.7 Å². The molecule has 4 rings (SSSR count). The van der Waals surface area contributed by atoms with Crippen molar-refractivity contribution < 1.29 is 28.2 Å². The number of rotatable bonds is 4. The predicted molar refractivity (Wildman–Crippen MR) is 118 cm³/mol. The third-order valence-electron chi connectivity index (χ3n) is 4.91. The van der Waals surface area contributed by atoms with Crippen LogP contribution >= 0.6 is 34.8 Å². The number of furan rings is 1. The molecule has 1 aliphatic rings. The Labute approximate surface area is 196 Å². The van der Waals surface area contributed by atoms with Crippen LogP contribution in [0.5, 0.6) is 5.75 Å². The van der Waals surface area contributed by atoms with E-state index in [1.807, 2.05) is 0 Å². The van der Waals surface area contributed by atoms with Gasteiger partial charge in [0.1, 0.15) is 23.4 Å². The minimum Gasteiger partial charge on any atom is -0.507 e. The molecule has 2 aromatic carbocycles. The maximum absolute atomic E-state index is 13.7. The number of halogens is 4. The highest BCUT2D eigenvalue weighted by Crippen LogP contribution is 2.44. The fourth-order valence-electron chi connectivity index (χ4n) is 3.50. The molecule has 10 heteroatoms. The zero-order valence-corrected chi connectivity index (χ0v) is 18.5. The van der Waals surface area contributed by atoms with Crippen LogP contribution in [0.25, 0.3) is 5.76 Å². The zero-order valence-electron chi connectivity index (χ0n) is 16.2. The molecule has 1 saturated heterocycles. The molecule has 3 aromatic rings. The van der Waals surface area contributed by atoms with E-state index in [-0.39, 0.29) is 43.4 Å². The smallest absolute Gasteiger partial charge is 0.300 e. The number of ketones is 1. The van der Waals surface area contributed by atoms with Crippen LogP contribution in [0.15, 0.2) is 58.7 Å². The number of carbonyl (C=O) groups excluding carboxylic acids is 2. The van der Waals surface area contributed by atoms with Gasteiger partial charge in [-0.25, -0.2) is 4.39 Å². The van der Waals surface area contributed by atoms with E-state index in [1.54, 1.807) is 6.07 Å². The molecule has 1 fully saturated rings. The van der Waals surface area contributed by atoms with Crippen LogP contribution in [0.2, 0.25) is 15.1 Å². The number of anilines is 1. The van der Waals surface area contributed by atoms with Crippen LogP contribution in [0, 0.1) is 5.82 Å². The van der Waals surface area contributed by atoms with Gasteiger partial charge in [0.15, 0.2) is 5.75 Å². The summed E-state index contributed by atoms with van der Waals surface area (Å²) in [4.78, 5) is 27.0. The number of carbonyl (C=O) groups is 2. The van der Waals surface area contributed by atoms with Crippen LogP contribution in [-0.4, -0.2) is 23.9 Å². The van der Waals surface area contributed by atoms with Gasteiger partial charge < -0.3 is 14.3 Å². The Bertz CT molecular complexity index is 1250. The summed E-state index contributed by atoms with van der Waals surface area (Å²) in [6, 6.07) is 8.23.